The van der Waals surface area contributed by atoms with Crippen LogP contribution in [0.4, 0.5) is 5.69 Å². The molecule has 2 rings (SSSR count). The molecule has 0 aromatic heterocycles. The summed E-state index contributed by atoms with van der Waals surface area (Å²) in [6, 6.07) is 12.1. The van der Waals surface area contributed by atoms with E-state index in [4.69, 9.17) is 19.9 Å². The first-order valence-corrected chi connectivity index (χ1v) is 7.88. The van der Waals surface area contributed by atoms with Crippen molar-refractivity contribution in [2.75, 3.05) is 26.6 Å². The van der Waals surface area contributed by atoms with E-state index in [0.717, 1.165) is 17.9 Å². The Morgan fingerprint density at radius 1 is 0.870 bits per heavy atom. The van der Waals surface area contributed by atoms with E-state index in [1.165, 1.54) is 11.1 Å². The number of ether oxygens (including phenoxy) is 3. The highest BCUT2D eigenvalue weighted by Crippen LogP contribution is 2.36. The number of nitrogens with two attached hydrogens (primary N) is 1. The molecular formula is C19H25NO3. The summed E-state index contributed by atoms with van der Waals surface area (Å²) in [6.07, 6.45) is 0.962. The Bertz CT molecular complexity index is 655. The summed E-state index contributed by atoms with van der Waals surface area (Å²) in [6.45, 7) is 4.73. The smallest absolute Gasteiger partial charge is 0.161 e. The number of methoxy groups -OCH3 is 2. The highest BCUT2D eigenvalue weighted by atomic mass is 16.5. The van der Waals surface area contributed by atoms with Gasteiger partial charge in [-0.05, 0) is 48.7 Å². The summed E-state index contributed by atoms with van der Waals surface area (Å²) in [7, 11) is 3.28. The standard InChI is InChI=1S/C19H25NO3/c1-5-15(13-7-9-17(21-3)16(20)11-13)14-8-10-18(22-4)19(12-14)23-6-2/h7-12,15H,5-6,20H2,1-4H3. The molecule has 1 atom stereocenters. The molecule has 0 aliphatic heterocycles. The lowest BCUT2D eigenvalue weighted by molar-refractivity contribution is 0.310. The van der Waals surface area contributed by atoms with Gasteiger partial charge in [0.25, 0.3) is 0 Å². The minimum atomic E-state index is 0.244. The van der Waals surface area contributed by atoms with E-state index < -0.39 is 0 Å². The van der Waals surface area contributed by atoms with Gasteiger partial charge in [0.1, 0.15) is 5.75 Å². The molecular weight excluding hydrogens is 290 g/mol. The van der Waals surface area contributed by atoms with Gasteiger partial charge >= 0.3 is 0 Å². The highest BCUT2D eigenvalue weighted by molar-refractivity contribution is 5.56. The molecule has 0 heterocycles. The van der Waals surface area contributed by atoms with E-state index in [1.54, 1.807) is 14.2 Å². The van der Waals surface area contributed by atoms with Crippen LogP contribution in [0, 0.1) is 0 Å². The molecule has 0 aliphatic carbocycles. The van der Waals surface area contributed by atoms with Gasteiger partial charge in [0, 0.05) is 5.92 Å². The molecule has 2 N–H and O–H groups in total. The van der Waals surface area contributed by atoms with Crippen molar-refractivity contribution in [1.82, 2.24) is 0 Å². The monoisotopic (exact) mass is 315 g/mol. The van der Waals surface area contributed by atoms with E-state index in [0.29, 0.717) is 18.0 Å². The van der Waals surface area contributed by atoms with Crippen LogP contribution in [0.15, 0.2) is 36.4 Å². The van der Waals surface area contributed by atoms with Gasteiger partial charge in [-0.25, -0.2) is 0 Å². The fraction of sp³-hybridized carbons (Fsp3) is 0.368. The normalized spacial score (nSPS) is 11.8. The Hall–Kier alpha value is -2.36. The molecule has 124 valence electrons. The SMILES string of the molecule is CCOc1cc(C(CC)c2ccc(OC)c(N)c2)ccc1OC. The zero-order valence-corrected chi connectivity index (χ0v) is 14.3. The van der Waals surface area contributed by atoms with Crippen molar-refractivity contribution in [3.63, 3.8) is 0 Å². The quantitative estimate of drug-likeness (QED) is 0.777. The molecule has 0 fully saturated rings. The lowest BCUT2D eigenvalue weighted by Gasteiger charge is -2.19. The molecule has 0 saturated carbocycles. The Labute approximate surface area is 138 Å². The number of anilines is 1. The minimum Gasteiger partial charge on any atom is -0.495 e. The van der Waals surface area contributed by atoms with Crippen molar-refractivity contribution in [2.24, 2.45) is 0 Å². The fourth-order valence-electron chi connectivity index (χ4n) is 2.81. The number of nitrogen functional groups attached to an aromatic ring is 1. The maximum Gasteiger partial charge on any atom is 0.161 e. The molecule has 4 heteroatoms. The average molecular weight is 315 g/mol. The van der Waals surface area contributed by atoms with Crippen LogP contribution in [-0.4, -0.2) is 20.8 Å². The average Bonchev–Trinajstić information content (AvgIpc) is 2.56. The van der Waals surface area contributed by atoms with Gasteiger partial charge in [0.2, 0.25) is 0 Å². The number of rotatable bonds is 7. The van der Waals surface area contributed by atoms with Gasteiger partial charge in [-0.2, -0.15) is 0 Å². The second-order valence-electron chi connectivity index (χ2n) is 5.31. The Morgan fingerprint density at radius 2 is 1.48 bits per heavy atom. The van der Waals surface area contributed by atoms with Gasteiger partial charge in [-0.3, -0.25) is 0 Å². The van der Waals surface area contributed by atoms with Crippen LogP contribution >= 0.6 is 0 Å². The van der Waals surface area contributed by atoms with Crippen LogP contribution in [0.2, 0.25) is 0 Å². The Balaban J connectivity index is 2.40. The molecule has 2 aromatic rings. The summed E-state index contributed by atoms with van der Waals surface area (Å²) < 4.78 is 16.3. The van der Waals surface area contributed by atoms with Crippen LogP contribution < -0.4 is 19.9 Å². The van der Waals surface area contributed by atoms with Crippen molar-refractivity contribution >= 4 is 5.69 Å². The molecule has 0 saturated heterocycles. The molecule has 0 amide bonds. The van der Waals surface area contributed by atoms with E-state index in [9.17, 15) is 0 Å². The van der Waals surface area contributed by atoms with E-state index in [-0.39, 0.29) is 5.92 Å². The molecule has 0 spiro atoms. The fourth-order valence-corrected chi connectivity index (χ4v) is 2.81. The van der Waals surface area contributed by atoms with Crippen molar-refractivity contribution < 1.29 is 14.2 Å². The summed E-state index contributed by atoms with van der Waals surface area (Å²) in [5.74, 6) is 2.47. The van der Waals surface area contributed by atoms with Crippen LogP contribution in [0.25, 0.3) is 0 Å². The summed E-state index contributed by atoms with van der Waals surface area (Å²) in [4.78, 5) is 0. The molecule has 2 aromatic carbocycles. The number of hydrogen-bond donors (Lipinski definition) is 1. The van der Waals surface area contributed by atoms with Gasteiger partial charge in [0.15, 0.2) is 11.5 Å². The zero-order chi connectivity index (χ0) is 16.8. The Kier molecular flexibility index (Phi) is 5.74. The number of hydrogen-bond acceptors (Lipinski definition) is 4. The van der Waals surface area contributed by atoms with Gasteiger partial charge in [-0.15, -0.1) is 0 Å². The van der Waals surface area contributed by atoms with E-state index in [2.05, 4.69) is 25.1 Å². The van der Waals surface area contributed by atoms with E-state index >= 15 is 0 Å². The molecule has 0 radical (unpaired) electrons. The minimum absolute atomic E-state index is 0.244. The topological polar surface area (TPSA) is 53.7 Å². The number of benzene rings is 2. The Morgan fingerprint density at radius 3 is 2.00 bits per heavy atom. The third-order valence-electron chi connectivity index (χ3n) is 3.95. The van der Waals surface area contributed by atoms with Crippen LogP contribution in [-0.2, 0) is 0 Å². The molecule has 0 bridgehead atoms. The maximum atomic E-state index is 6.06. The third-order valence-corrected chi connectivity index (χ3v) is 3.95. The summed E-state index contributed by atoms with van der Waals surface area (Å²) >= 11 is 0. The van der Waals surface area contributed by atoms with Crippen LogP contribution in [0.3, 0.4) is 0 Å². The molecule has 4 nitrogen and oxygen atoms in total. The predicted molar refractivity (Wildman–Crippen MR) is 93.7 cm³/mol. The predicted octanol–water partition coefficient (Wildman–Crippen LogP) is 4.23. The first kappa shape index (κ1) is 17.0. The first-order chi connectivity index (χ1) is 11.1. The van der Waals surface area contributed by atoms with Crippen molar-refractivity contribution in [1.29, 1.82) is 0 Å². The lowest BCUT2D eigenvalue weighted by atomic mass is 9.88. The molecule has 23 heavy (non-hydrogen) atoms. The molecule has 0 aliphatic rings. The van der Waals surface area contributed by atoms with E-state index in [1.807, 2.05) is 25.1 Å². The van der Waals surface area contributed by atoms with Crippen molar-refractivity contribution in [3.8, 4) is 17.2 Å². The largest absolute Gasteiger partial charge is 0.495 e. The molecule has 1 unspecified atom stereocenters. The first-order valence-electron chi connectivity index (χ1n) is 7.88. The second kappa shape index (κ2) is 7.77. The second-order valence-corrected chi connectivity index (χ2v) is 5.31. The van der Waals surface area contributed by atoms with Crippen LogP contribution in [0.5, 0.6) is 17.2 Å². The van der Waals surface area contributed by atoms with Gasteiger partial charge < -0.3 is 19.9 Å². The van der Waals surface area contributed by atoms with Crippen LogP contribution in [0.1, 0.15) is 37.3 Å². The van der Waals surface area contributed by atoms with Crippen molar-refractivity contribution in [3.05, 3.63) is 47.5 Å². The summed E-state index contributed by atoms with van der Waals surface area (Å²) in [5.41, 5.74) is 9.06. The van der Waals surface area contributed by atoms with Gasteiger partial charge in [0.05, 0.1) is 26.5 Å². The summed E-state index contributed by atoms with van der Waals surface area (Å²) in [5, 5.41) is 0. The van der Waals surface area contributed by atoms with Gasteiger partial charge in [-0.1, -0.05) is 19.1 Å². The zero-order valence-electron chi connectivity index (χ0n) is 14.3. The maximum absolute atomic E-state index is 6.06. The third kappa shape index (κ3) is 3.70. The highest BCUT2D eigenvalue weighted by Gasteiger charge is 2.16. The lowest BCUT2D eigenvalue weighted by Crippen LogP contribution is -2.03. The van der Waals surface area contributed by atoms with Crippen molar-refractivity contribution in [2.45, 2.75) is 26.2 Å².